The van der Waals surface area contributed by atoms with E-state index in [2.05, 4.69) is 41.9 Å². The summed E-state index contributed by atoms with van der Waals surface area (Å²) in [4.78, 5) is 21.4. The third-order valence-electron chi connectivity index (χ3n) is 4.01. The molecular formula is C14H16N8. The van der Waals surface area contributed by atoms with Crippen LogP contribution in [0.4, 0.5) is 11.6 Å². The molecule has 0 N–H and O–H groups in total. The highest BCUT2D eigenvalue weighted by Gasteiger charge is 2.32. The molecule has 1 saturated heterocycles. The van der Waals surface area contributed by atoms with Gasteiger partial charge in [0.1, 0.15) is 18.0 Å². The molecule has 0 saturated carbocycles. The van der Waals surface area contributed by atoms with E-state index in [4.69, 9.17) is 0 Å². The number of likely N-dealkylation sites (N-methyl/N-ethyl adjacent to an activating group) is 1. The van der Waals surface area contributed by atoms with Crippen molar-refractivity contribution in [3.63, 3.8) is 0 Å². The van der Waals surface area contributed by atoms with Crippen molar-refractivity contribution in [1.29, 1.82) is 0 Å². The molecule has 0 amide bonds. The van der Waals surface area contributed by atoms with Crippen molar-refractivity contribution in [2.45, 2.75) is 13.0 Å². The molecule has 0 radical (unpaired) electrons. The predicted molar refractivity (Wildman–Crippen MR) is 82.0 cm³/mol. The van der Waals surface area contributed by atoms with E-state index in [0.29, 0.717) is 11.8 Å². The van der Waals surface area contributed by atoms with Gasteiger partial charge in [-0.05, 0) is 6.92 Å². The van der Waals surface area contributed by atoms with Crippen LogP contribution < -0.4 is 9.80 Å². The largest absolute Gasteiger partial charge is 0.353 e. The Balaban J connectivity index is 1.55. The molecule has 8 heteroatoms. The number of fused-ring (bicyclic) bond motifs is 1. The van der Waals surface area contributed by atoms with Gasteiger partial charge in [0, 0.05) is 44.3 Å². The van der Waals surface area contributed by atoms with Gasteiger partial charge in [0.15, 0.2) is 0 Å². The quantitative estimate of drug-likeness (QED) is 0.698. The lowest BCUT2D eigenvalue weighted by atomic mass is 10.1. The van der Waals surface area contributed by atoms with Gasteiger partial charge in [-0.3, -0.25) is 4.98 Å². The van der Waals surface area contributed by atoms with Crippen LogP contribution in [0.5, 0.6) is 0 Å². The van der Waals surface area contributed by atoms with Gasteiger partial charge in [-0.15, -0.1) is 0 Å². The first-order valence-electron chi connectivity index (χ1n) is 7.13. The number of hydrogen-bond donors (Lipinski definition) is 0. The molecule has 0 spiro atoms. The SMILES string of the molecule is Cc1cc(N(C)C2CN(c3cnccn3)C2)n2ncnc2n1. The Bertz CT molecular complexity index is 793. The second-order valence-corrected chi connectivity index (χ2v) is 5.46. The Labute approximate surface area is 127 Å². The summed E-state index contributed by atoms with van der Waals surface area (Å²) in [7, 11) is 2.08. The molecule has 0 atom stereocenters. The summed E-state index contributed by atoms with van der Waals surface area (Å²) in [6.07, 6.45) is 6.74. The van der Waals surface area contributed by atoms with Crippen LogP contribution in [-0.4, -0.2) is 55.7 Å². The van der Waals surface area contributed by atoms with Gasteiger partial charge in [-0.2, -0.15) is 14.6 Å². The Morgan fingerprint density at radius 3 is 2.86 bits per heavy atom. The standard InChI is InChI=1S/C14H16N8/c1-10-5-13(22-14(19-10)17-9-18-22)20(2)11-7-21(8-11)12-6-15-3-4-16-12/h3-6,9,11H,7-8H2,1-2H3. The highest BCUT2D eigenvalue weighted by Crippen LogP contribution is 2.24. The van der Waals surface area contributed by atoms with Gasteiger partial charge < -0.3 is 9.80 Å². The van der Waals surface area contributed by atoms with Crippen molar-refractivity contribution in [3.05, 3.63) is 36.7 Å². The summed E-state index contributed by atoms with van der Waals surface area (Å²) in [6.45, 7) is 3.79. The lowest BCUT2D eigenvalue weighted by Crippen LogP contribution is -2.59. The first kappa shape index (κ1) is 12.9. The van der Waals surface area contributed by atoms with Gasteiger partial charge in [0.2, 0.25) is 0 Å². The number of nitrogens with zero attached hydrogens (tertiary/aromatic N) is 8. The van der Waals surface area contributed by atoms with E-state index in [-0.39, 0.29) is 0 Å². The van der Waals surface area contributed by atoms with Crippen LogP contribution in [0, 0.1) is 6.92 Å². The van der Waals surface area contributed by atoms with Gasteiger partial charge in [0.25, 0.3) is 5.78 Å². The second kappa shape index (κ2) is 4.90. The van der Waals surface area contributed by atoms with Crippen molar-refractivity contribution in [3.8, 4) is 0 Å². The molecular weight excluding hydrogens is 280 g/mol. The summed E-state index contributed by atoms with van der Waals surface area (Å²) in [6, 6.07) is 2.43. The fourth-order valence-electron chi connectivity index (χ4n) is 2.69. The first-order chi connectivity index (χ1) is 10.7. The molecule has 8 nitrogen and oxygen atoms in total. The van der Waals surface area contributed by atoms with Crippen molar-refractivity contribution in [2.24, 2.45) is 0 Å². The first-order valence-corrected chi connectivity index (χ1v) is 7.13. The molecule has 0 bridgehead atoms. The van der Waals surface area contributed by atoms with Crippen molar-refractivity contribution in [1.82, 2.24) is 29.5 Å². The van der Waals surface area contributed by atoms with Gasteiger partial charge in [0.05, 0.1) is 12.2 Å². The zero-order valence-corrected chi connectivity index (χ0v) is 12.5. The lowest BCUT2D eigenvalue weighted by Gasteiger charge is -2.45. The Morgan fingerprint density at radius 1 is 1.23 bits per heavy atom. The monoisotopic (exact) mass is 296 g/mol. The Morgan fingerprint density at radius 2 is 2.09 bits per heavy atom. The van der Waals surface area contributed by atoms with E-state index in [1.165, 1.54) is 6.33 Å². The average molecular weight is 296 g/mol. The minimum Gasteiger partial charge on any atom is -0.353 e. The van der Waals surface area contributed by atoms with E-state index in [0.717, 1.165) is 30.4 Å². The summed E-state index contributed by atoms with van der Waals surface area (Å²) in [5.41, 5.74) is 0.937. The summed E-state index contributed by atoms with van der Waals surface area (Å²) in [5, 5.41) is 4.26. The zero-order valence-electron chi connectivity index (χ0n) is 12.5. The van der Waals surface area contributed by atoms with E-state index in [1.807, 2.05) is 13.0 Å². The van der Waals surface area contributed by atoms with Crippen molar-refractivity contribution in [2.75, 3.05) is 29.9 Å². The third kappa shape index (κ3) is 2.03. The maximum absolute atomic E-state index is 4.38. The molecule has 0 aromatic carbocycles. The number of hydrogen-bond acceptors (Lipinski definition) is 7. The zero-order chi connectivity index (χ0) is 15.1. The molecule has 1 aliphatic rings. The van der Waals surface area contributed by atoms with Gasteiger partial charge >= 0.3 is 0 Å². The van der Waals surface area contributed by atoms with Crippen LogP contribution in [0.3, 0.4) is 0 Å². The molecule has 1 aliphatic heterocycles. The van der Waals surface area contributed by atoms with Crippen LogP contribution in [0.2, 0.25) is 0 Å². The minimum absolute atomic E-state index is 0.399. The number of aromatic nitrogens is 6. The maximum Gasteiger partial charge on any atom is 0.254 e. The Kier molecular flexibility index (Phi) is 2.88. The summed E-state index contributed by atoms with van der Waals surface area (Å²) >= 11 is 0. The molecule has 4 rings (SSSR count). The Hall–Kier alpha value is -2.77. The topological polar surface area (TPSA) is 75.3 Å². The van der Waals surface area contributed by atoms with E-state index < -0.39 is 0 Å². The molecule has 0 unspecified atom stereocenters. The average Bonchev–Trinajstić information content (AvgIpc) is 2.94. The minimum atomic E-state index is 0.399. The van der Waals surface area contributed by atoms with Crippen LogP contribution in [0.1, 0.15) is 5.69 Å². The normalized spacial score (nSPS) is 15.1. The van der Waals surface area contributed by atoms with Crippen LogP contribution in [0.25, 0.3) is 5.78 Å². The molecule has 112 valence electrons. The number of rotatable bonds is 3. The number of anilines is 2. The molecule has 22 heavy (non-hydrogen) atoms. The predicted octanol–water partition coefficient (Wildman–Crippen LogP) is 0.548. The third-order valence-corrected chi connectivity index (χ3v) is 4.01. The van der Waals surface area contributed by atoms with Crippen molar-refractivity contribution < 1.29 is 0 Å². The number of aryl methyl sites for hydroxylation is 1. The molecule has 3 aromatic rings. The fraction of sp³-hybridized carbons (Fsp3) is 0.357. The summed E-state index contributed by atoms with van der Waals surface area (Å²) < 4.78 is 1.78. The van der Waals surface area contributed by atoms with Crippen LogP contribution in [-0.2, 0) is 0 Å². The molecule has 3 aromatic heterocycles. The van der Waals surface area contributed by atoms with E-state index in [1.54, 1.807) is 23.1 Å². The fourth-order valence-corrected chi connectivity index (χ4v) is 2.69. The van der Waals surface area contributed by atoms with E-state index in [9.17, 15) is 0 Å². The summed E-state index contributed by atoms with van der Waals surface area (Å²) in [5.74, 6) is 2.56. The highest BCUT2D eigenvalue weighted by molar-refractivity contribution is 5.51. The molecule has 4 heterocycles. The molecule has 1 fully saturated rings. The molecule has 0 aliphatic carbocycles. The van der Waals surface area contributed by atoms with Crippen molar-refractivity contribution >= 4 is 17.4 Å². The second-order valence-electron chi connectivity index (χ2n) is 5.46. The lowest BCUT2D eigenvalue weighted by molar-refractivity contribution is 0.486. The van der Waals surface area contributed by atoms with Crippen LogP contribution in [0.15, 0.2) is 31.0 Å². The highest BCUT2D eigenvalue weighted by atomic mass is 15.4. The smallest absolute Gasteiger partial charge is 0.254 e. The van der Waals surface area contributed by atoms with Gasteiger partial charge in [-0.25, -0.2) is 9.97 Å². The van der Waals surface area contributed by atoms with E-state index >= 15 is 0 Å². The maximum atomic E-state index is 4.38. The van der Waals surface area contributed by atoms with Crippen LogP contribution >= 0.6 is 0 Å². The van der Waals surface area contributed by atoms with Gasteiger partial charge in [-0.1, -0.05) is 0 Å².